The summed E-state index contributed by atoms with van der Waals surface area (Å²) in [6.45, 7) is 0. The molecule has 13 heteroatoms. The van der Waals surface area contributed by atoms with E-state index in [1.165, 1.54) is 30.6 Å². The second kappa shape index (κ2) is 12.8. The summed E-state index contributed by atoms with van der Waals surface area (Å²) in [4.78, 5) is 31.2. The van der Waals surface area contributed by atoms with Crippen molar-refractivity contribution in [2.45, 2.75) is 18.9 Å². The Morgan fingerprint density at radius 2 is 1.74 bits per heavy atom. The molecule has 2 aromatic heterocycles. The lowest BCUT2D eigenvalue weighted by molar-refractivity contribution is -0.122. The number of methoxy groups -OCH3 is 1. The maximum absolute atomic E-state index is 13.5. The standard InChI is InChI=1S/C26H25N4O6S3/c1-36-26(32)29-21(15-17-6-3-2-4-7-17)24(31)27-20(22-16-38-25(28-22)23-8-5-13-37-23)14-18-9-11-19(12-10-18)30-39(33,34)35/h2-13,16,21,30H,14-15H2,1H3,(H,27,31)(H,29,32)(H,33,34,35)/t21-/m0/s1. The molecule has 2 amide bonds. The number of amides is 2. The summed E-state index contributed by atoms with van der Waals surface area (Å²) in [5, 5.41) is 10.1. The molecule has 4 aromatic rings. The zero-order valence-electron chi connectivity index (χ0n) is 20.7. The van der Waals surface area contributed by atoms with Crippen molar-refractivity contribution in [3.8, 4) is 9.88 Å². The second-order valence-corrected chi connectivity index (χ2v) is 11.3. The van der Waals surface area contributed by atoms with Crippen LogP contribution < -0.4 is 15.4 Å². The van der Waals surface area contributed by atoms with Gasteiger partial charge in [-0.3, -0.25) is 14.1 Å². The van der Waals surface area contributed by atoms with Gasteiger partial charge in [0.25, 0.3) is 0 Å². The maximum Gasteiger partial charge on any atom is 0.407 e. The number of thiazole rings is 1. The number of benzene rings is 2. The Bertz CT molecular complexity index is 1490. The maximum atomic E-state index is 13.5. The van der Waals surface area contributed by atoms with Crippen LogP contribution in [0, 0.1) is 6.04 Å². The van der Waals surface area contributed by atoms with Gasteiger partial charge in [-0.1, -0.05) is 48.5 Å². The van der Waals surface area contributed by atoms with Crippen LogP contribution in [0.3, 0.4) is 0 Å². The molecule has 0 spiro atoms. The van der Waals surface area contributed by atoms with E-state index in [4.69, 9.17) is 14.3 Å². The summed E-state index contributed by atoms with van der Waals surface area (Å²) < 4.78 is 38.0. The fraction of sp³-hybridized carbons (Fsp3) is 0.154. The molecule has 0 fully saturated rings. The molecular formula is C26H25N4O6S3. The number of hydrogen-bond acceptors (Lipinski definition) is 8. The van der Waals surface area contributed by atoms with Gasteiger partial charge in [-0.05, 0) is 34.7 Å². The van der Waals surface area contributed by atoms with E-state index in [1.54, 1.807) is 23.5 Å². The average molecular weight is 586 g/mol. The van der Waals surface area contributed by atoms with Gasteiger partial charge in [-0.15, -0.1) is 22.7 Å². The van der Waals surface area contributed by atoms with Crippen molar-refractivity contribution >= 4 is 50.7 Å². The van der Waals surface area contributed by atoms with Crippen LogP contribution >= 0.6 is 22.7 Å². The summed E-state index contributed by atoms with van der Waals surface area (Å²) in [5.74, 6) is -0.449. The first-order valence-corrected chi connectivity index (χ1v) is 14.8. The van der Waals surface area contributed by atoms with Gasteiger partial charge < -0.3 is 15.4 Å². The Morgan fingerprint density at radius 3 is 2.38 bits per heavy atom. The minimum absolute atomic E-state index is 0.186. The number of thiophene rings is 1. The quantitative estimate of drug-likeness (QED) is 0.192. The molecule has 0 aliphatic rings. The van der Waals surface area contributed by atoms with Crippen LogP contribution in [-0.2, 0) is 32.7 Å². The molecular weight excluding hydrogens is 561 g/mol. The SMILES string of the molecule is COC(=O)N[C@@H](Cc1ccccc1)C(=O)N[C](Cc1ccc(NS(=O)(=O)O)cc1)c1csc(-c2cccs2)n1. The molecule has 4 rings (SSSR count). The fourth-order valence-electron chi connectivity index (χ4n) is 3.66. The van der Waals surface area contributed by atoms with Gasteiger partial charge >= 0.3 is 16.4 Å². The third kappa shape index (κ3) is 8.35. The van der Waals surface area contributed by atoms with Crippen LogP contribution in [0.2, 0.25) is 0 Å². The zero-order chi connectivity index (χ0) is 27.8. The minimum atomic E-state index is -4.40. The van der Waals surface area contributed by atoms with Crippen LogP contribution in [-0.4, -0.2) is 43.1 Å². The largest absolute Gasteiger partial charge is 0.453 e. The van der Waals surface area contributed by atoms with Crippen LogP contribution in [0.15, 0.2) is 77.5 Å². The fourth-order valence-corrected chi connectivity index (χ4v) is 5.75. The Balaban J connectivity index is 1.59. The molecule has 1 atom stereocenters. The van der Waals surface area contributed by atoms with E-state index in [1.807, 2.05) is 57.9 Å². The lowest BCUT2D eigenvalue weighted by Crippen LogP contribution is -2.49. The Labute approximate surface area is 234 Å². The second-order valence-electron chi connectivity index (χ2n) is 8.31. The predicted octanol–water partition coefficient (Wildman–Crippen LogP) is 4.29. The topological polar surface area (TPSA) is 147 Å². The van der Waals surface area contributed by atoms with Crippen molar-refractivity contribution in [3.05, 3.63) is 100 Å². The number of carbonyl (C=O) groups is 2. The molecule has 1 radical (unpaired) electrons. The number of hydrogen-bond donors (Lipinski definition) is 4. The highest BCUT2D eigenvalue weighted by atomic mass is 32.2. The number of rotatable bonds is 11. The number of nitrogens with zero attached hydrogens (tertiary/aromatic N) is 1. The number of ether oxygens (including phenoxy) is 1. The smallest absolute Gasteiger partial charge is 0.407 e. The van der Waals surface area contributed by atoms with Crippen molar-refractivity contribution in [2.75, 3.05) is 11.8 Å². The van der Waals surface area contributed by atoms with Gasteiger partial charge in [-0.2, -0.15) is 8.42 Å². The summed E-state index contributed by atoms with van der Waals surface area (Å²) in [6.07, 6.45) is -0.243. The van der Waals surface area contributed by atoms with Gasteiger partial charge in [0.05, 0.1) is 23.4 Å². The Kier molecular flexibility index (Phi) is 9.30. The highest BCUT2D eigenvalue weighted by Gasteiger charge is 2.27. The molecule has 39 heavy (non-hydrogen) atoms. The third-order valence-corrected chi connectivity index (χ3v) is 7.85. The van der Waals surface area contributed by atoms with Gasteiger partial charge in [0.15, 0.2) is 0 Å². The van der Waals surface area contributed by atoms with Crippen LogP contribution in [0.25, 0.3) is 9.88 Å². The van der Waals surface area contributed by atoms with Crippen molar-refractivity contribution in [3.63, 3.8) is 0 Å². The van der Waals surface area contributed by atoms with E-state index in [2.05, 4.69) is 10.6 Å². The lowest BCUT2D eigenvalue weighted by atomic mass is 10.0. The van der Waals surface area contributed by atoms with Gasteiger partial charge in [0.2, 0.25) is 5.91 Å². The lowest BCUT2D eigenvalue weighted by Gasteiger charge is -2.22. The molecule has 2 aromatic carbocycles. The number of alkyl carbamates (subject to hydrolysis) is 1. The van der Waals surface area contributed by atoms with Gasteiger partial charge in [0, 0.05) is 18.2 Å². The monoisotopic (exact) mass is 585 g/mol. The first-order valence-electron chi connectivity index (χ1n) is 11.6. The van der Waals surface area contributed by atoms with Crippen LogP contribution in [0.5, 0.6) is 0 Å². The highest BCUT2D eigenvalue weighted by molar-refractivity contribution is 7.87. The van der Waals surface area contributed by atoms with E-state index in [0.29, 0.717) is 11.7 Å². The Morgan fingerprint density at radius 1 is 1.00 bits per heavy atom. The van der Waals surface area contributed by atoms with Crippen molar-refractivity contribution in [1.82, 2.24) is 15.6 Å². The number of aromatic nitrogens is 1. The Hall–Kier alpha value is -3.78. The molecule has 4 N–H and O–H groups in total. The molecule has 0 saturated carbocycles. The summed E-state index contributed by atoms with van der Waals surface area (Å²) in [6, 6.07) is 19.1. The van der Waals surface area contributed by atoms with E-state index in [0.717, 1.165) is 21.0 Å². The first kappa shape index (κ1) is 28.2. The summed E-state index contributed by atoms with van der Waals surface area (Å²) in [5.41, 5.74) is 2.35. The van der Waals surface area contributed by atoms with E-state index in [-0.39, 0.29) is 18.5 Å². The van der Waals surface area contributed by atoms with Crippen molar-refractivity contribution in [1.29, 1.82) is 0 Å². The van der Waals surface area contributed by atoms with Crippen molar-refractivity contribution < 1.29 is 27.3 Å². The third-order valence-electron chi connectivity index (χ3n) is 5.48. The van der Waals surface area contributed by atoms with E-state index in [9.17, 15) is 18.0 Å². The molecule has 203 valence electrons. The van der Waals surface area contributed by atoms with Crippen molar-refractivity contribution in [2.24, 2.45) is 0 Å². The molecule has 0 saturated heterocycles. The average Bonchev–Trinajstić information content (AvgIpc) is 3.61. The predicted molar refractivity (Wildman–Crippen MR) is 151 cm³/mol. The summed E-state index contributed by atoms with van der Waals surface area (Å²) in [7, 11) is -3.17. The number of anilines is 1. The first-order chi connectivity index (χ1) is 18.7. The zero-order valence-corrected chi connectivity index (χ0v) is 23.1. The van der Waals surface area contributed by atoms with Gasteiger partial charge in [0.1, 0.15) is 17.1 Å². The van der Waals surface area contributed by atoms with Crippen LogP contribution in [0.1, 0.15) is 16.8 Å². The number of carbonyl (C=O) groups excluding carboxylic acids is 2. The van der Waals surface area contributed by atoms with E-state index >= 15 is 0 Å². The summed E-state index contributed by atoms with van der Waals surface area (Å²) >= 11 is 2.99. The molecule has 0 unspecified atom stereocenters. The number of nitrogens with one attached hydrogen (secondary N) is 3. The molecule has 0 aliphatic heterocycles. The van der Waals surface area contributed by atoms with E-state index < -0.39 is 28.3 Å². The van der Waals surface area contributed by atoms with Crippen LogP contribution in [0.4, 0.5) is 10.5 Å². The minimum Gasteiger partial charge on any atom is -0.453 e. The normalized spacial score (nSPS) is 12.1. The molecule has 0 aliphatic carbocycles. The molecule has 10 nitrogen and oxygen atoms in total. The molecule has 0 bridgehead atoms. The molecule has 2 heterocycles. The van der Waals surface area contributed by atoms with Gasteiger partial charge in [-0.25, -0.2) is 9.78 Å². The highest BCUT2D eigenvalue weighted by Crippen LogP contribution is 2.30.